The number of nitrogens with zero attached hydrogens (tertiary/aromatic N) is 2. The summed E-state index contributed by atoms with van der Waals surface area (Å²) in [5.41, 5.74) is 8.16. The molecular formula is C26H23FN6O3. The van der Waals surface area contributed by atoms with Crippen LogP contribution in [-0.4, -0.2) is 22.0 Å². The van der Waals surface area contributed by atoms with Crippen LogP contribution < -0.4 is 21.7 Å². The molecule has 0 unspecified atom stereocenters. The molecule has 0 radical (unpaired) electrons. The molecule has 10 heteroatoms. The van der Waals surface area contributed by atoms with Crippen molar-refractivity contribution in [2.75, 3.05) is 16.0 Å². The Bertz CT molecular complexity index is 1370. The van der Waals surface area contributed by atoms with Crippen LogP contribution in [0, 0.1) is 5.82 Å². The minimum Gasteiger partial charge on any atom is -0.444 e. The van der Waals surface area contributed by atoms with Gasteiger partial charge in [-0.05, 0) is 41.5 Å². The van der Waals surface area contributed by atoms with Crippen molar-refractivity contribution >= 4 is 35.1 Å². The van der Waals surface area contributed by atoms with Crippen molar-refractivity contribution in [3.63, 3.8) is 0 Å². The number of halogens is 1. The Morgan fingerprint density at radius 1 is 0.917 bits per heavy atom. The lowest BCUT2D eigenvalue weighted by Crippen LogP contribution is -2.17. The summed E-state index contributed by atoms with van der Waals surface area (Å²) in [7, 11) is 0. The van der Waals surface area contributed by atoms with Crippen molar-refractivity contribution in [3.05, 3.63) is 108 Å². The number of benzene rings is 3. The van der Waals surface area contributed by atoms with E-state index in [1.165, 1.54) is 18.3 Å². The maximum Gasteiger partial charge on any atom is 0.411 e. The lowest BCUT2D eigenvalue weighted by molar-refractivity contribution is 0.100. The molecule has 0 aliphatic carbocycles. The Labute approximate surface area is 206 Å². The van der Waals surface area contributed by atoms with Gasteiger partial charge in [-0.15, -0.1) is 0 Å². The van der Waals surface area contributed by atoms with Crippen LogP contribution in [0.15, 0.2) is 85.1 Å². The highest BCUT2D eigenvalue weighted by Crippen LogP contribution is 2.21. The number of carbonyl (C=O) groups excluding carboxylic acids is 2. The summed E-state index contributed by atoms with van der Waals surface area (Å²) in [5, 5.41) is 8.69. The monoisotopic (exact) mass is 486 g/mol. The van der Waals surface area contributed by atoms with Gasteiger partial charge in [-0.2, -0.15) is 4.98 Å². The largest absolute Gasteiger partial charge is 0.444 e. The third kappa shape index (κ3) is 6.76. The second-order valence-electron chi connectivity index (χ2n) is 7.70. The molecule has 0 fully saturated rings. The van der Waals surface area contributed by atoms with Crippen molar-refractivity contribution in [3.8, 4) is 0 Å². The number of ether oxygens (including phenoxy) is 1. The minimum atomic E-state index is -0.705. The van der Waals surface area contributed by atoms with Gasteiger partial charge < -0.3 is 21.1 Å². The third-order valence-electron chi connectivity index (χ3n) is 4.98. The second kappa shape index (κ2) is 11.4. The van der Waals surface area contributed by atoms with Crippen LogP contribution in [0.25, 0.3) is 0 Å². The van der Waals surface area contributed by atoms with Gasteiger partial charge in [0.2, 0.25) is 5.95 Å². The van der Waals surface area contributed by atoms with Crippen LogP contribution in [0.3, 0.4) is 0 Å². The molecule has 0 saturated heterocycles. The number of primary amides is 1. The van der Waals surface area contributed by atoms with Gasteiger partial charge in [0.15, 0.2) is 0 Å². The molecule has 5 N–H and O–H groups in total. The topological polar surface area (TPSA) is 131 Å². The molecule has 182 valence electrons. The van der Waals surface area contributed by atoms with E-state index >= 15 is 0 Å². The normalized spacial score (nSPS) is 10.4. The van der Waals surface area contributed by atoms with Gasteiger partial charge in [0, 0.05) is 24.1 Å². The van der Waals surface area contributed by atoms with Gasteiger partial charge in [0.25, 0.3) is 5.91 Å². The lowest BCUT2D eigenvalue weighted by atomic mass is 10.2. The molecule has 0 atom stereocenters. The van der Waals surface area contributed by atoms with Gasteiger partial charge in [0.1, 0.15) is 18.2 Å². The number of hydrogen-bond donors (Lipinski definition) is 4. The van der Waals surface area contributed by atoms with E-state index in [1.807, 2.05) is 30.3 Å². The van der Waals surface area contributed by atoms with Crippen LogP contribution in [0.5, 0.6) is 0 Å². The molecule has 0 bridgehead atoms. The molecule has 0 aliphatic heterocycles. The zero-order valence-corrected chi connectivity index (χ0v) is 19.1. The average Bonchev–Trinajstić information content (AvgIpc) is 2.87. The van der Waals surface area contributed by atoms with E-state index in [1.54, 1.807) is 36.4 Å². The number of aromatic nitrogens is 2. The van der Waals surface area contributed by atoms with Crippen LogP contribution in [0.4, 0.5) is 32.3 Å². The van der Waals surface area contributed by atoms with Crippen molar-refractivity contribution in [2.45, 2.75) is 13.2 Å². The number of amides is 2. The second-order valence-corrected chi connectivity index (χ2v) is 7.70. The molecular weight excluding hydrogens is 463 g/mol. The molecule has 0 spiro atoms. The van der Waals surface area contributed by atoms with Crippen molar-refractivity contribution in [1.29, 1.82) is 0 Å². The van der Waals surface area contributed by atoms with E-state index in [4.69, 9.17) is 10.5 Å². The fourth-order valence-corrected chi connectivity index (χ4v) is 3.27. The zero-order valence-electron chi connectivity index (χ0n) is 19.1. The molecule has 4 aromatic rings. The van der Waals surface area contributed by atoms with Gasteiger partial charge in [-0.1, -0.05) is 48.5 Å². The quantitative estimate of drug-likeness (QED) is 0.267. The summed E-state index contributed by atoms with van der Waals surface area (Å²) >= 11 is 0. The van der Waals surface area contributed by atoms with Gasteiger partial charge in [-0.3, -0.25) is 10.1 Å². The molecule has 3 aromatic carbocycles. The third-order valence-corrected chi connectivity index (χ3v) is 4.98. The maximum atomic E-state index is 13.5. The summed E-state index contributed by atoms with van der Waals surface area (Å²) in [6.07, 6.45) is 0.705. The van der Waals surface area contributed by atoms with E-state index in [9.17, 15) is 14.0 Å². The number of nitrogens with one attached hydrogen (secondary N) is 3. The predicted octanol–water partition coefficient (Wildman–Crippen LogP) is 4.82. The van der Waals surface area contributed by atoms with E-state index in [2.05, 4.69) is 25.9 Å². The standard InChI is InChI=1S/C26H23FN6O3/c27-19-9-4-8-18(12-19)14-29-24-22(23(28)34)15-30-25(33-24)31-20-10-5-11-21(13-20)32-26(35)36-16-17-6-2-1-3-7-17/h1-13,15H,14,16H2,(H2,28,34)(H,32,35)(H2,29,30,31,33). The first kappa shape index (κ1) is 24.1. The molecule has 1 heterocycles. The Hall–Kier alpha value is -4.99. The first-order chi connectivity index (χ1) is 17.5. The number of carbonyl (C=O) groups is 2. The first-order valence-electron chi connectivity index (χ1n) is 11.0. The van der Waals surface area contributed by atoms with Gasteiger partial charge in [0.05, 0.1) is 5.56 Å². The maximum absolute atomic E-state index is 13.5. The Morgan fingerprint density at radius 2 is 1.67 bits per heavy atom. The summed E-state index contributed by atoms with van der Waals surface area (Å²) in [4.78, 5) is 32.5. The predicted molar refractivity (Wildman–Crippen MR) is 134 cm³/mol. The van der Waals surface area contributed by atoms with Crippen molar-refractivity contribution in [2.24, 2.45) is 5.73 Å². The SMILES string of the molecule is NC(=O)c1cnc(Nc2cccc(NC(=O)OCc3ccccc3)c2)nc1NCc1cccc(F)c1. The Kier molecular flexibility index (Phi) is 7.66. The first-order valence-corrected chi connectivity index (χ1v) is 11.0. The van der Waals surface area contributed by atoms with Gasteiger partial charge >= 0.3 is 6.09 Å². The number of nitrogens with two attached hydrogens (primary N) is 1. The molecule has 9 nitrogen and oxygen atoms in total. The smallest absolute Gasteiger partial charge is 0.411 e. The van der Waals surface area contributed by atoms with E-state index in [-0.39, 0.29) is 36.3 Å². The summed E-state index contributed by atoms with van der Waals surface area (Å²) in [5.74, 6) is -0.691. The Balaban J connectivity index is 1.42. The minimum absolute atomic E-state index is 0.0912. The van der Waals surface area contributed by atoms with Crippen molar-refractivity contribution in [1.82, 2.24) is 9.97 Å². The van der Waals surface area contributed by atoms with Crippen LogP contribution >= 0.6 is 0 Å². The van der Waals surface area contributed by atoms with Gasteiger partial charge in [-0.25, -0.2) is 14.2 Å². The molecule has 0 aliphatic rings. The highest BCUT2D eigenvalue weighted by atomic mass is 19.1. The molecule has 1 aromatic heterocycles. The molecule has 2 amide bonds. The zero-order chi connectivity index (χ0) is 25.3. The Morgan fingerprint density at radius 3 is 2.44 bits per heavy atom. The van der Waals surface area contributed by atoms with Crippen LogP contribution in [0.1, 0.15) is 21.5 Å². The number of rotatable bonds is 9. The fourth-order valence-electron chi connectivity index (χ4n) is 3.27. The van der Waals surface area contributed by atoms with Crippen LogP contribution in [0.2, 0.25) is 0 Å². The highest BCUT2D eigenvalue weighted by Gasteiger charge is 2.13. The van der Waals surface area contributed by atoms with E-state index in [0.717, 1.165) is 5.56 Å². The summed E-state index contributed by atoms with van der Waals surface area (Å²) in [6, 6.07) is 22.3. The number of anilines is 4. The lowest BCUT2D eigenvalue weighted by Gasteiger charge is -2.12. The average molecular weight is 487 g/mol. The fraction of sp³-hybridized carbons (Fsp3) is 0.0769. The van der Waals surface area contributed by atoms with Crippen molar-refractivity contribution < 1.29 is 18.7 Å². The molecule has 36 heavy (non-hydrogen) atoms. The highest BCUT2D eigenvalue weighted by molar-refractivity contribution is 5.97. The molecule has 0 saturated carbocycles. The summed E-state index contributed by atoms with van der Waals surface area (Å²) in [6.45, 7) is 0.370. The van der Waals surface area contributed by atoms with E-state index < -0.39 is 12.0 Å². The van der Waals surface area contributed by atoms with Crippen LogP contribution in [-0.2, 0) is 17.9 Å². The number of hydrogen-bond acceptors (Lipinski definition) is 7. The molecule has 4 rings (SSSR count). The summed E-state index contributed by atoms with van der Waals surface area (Å²) < 4.78 is 18.7. The van der Waals surface area contributed by atoms with E-state index in [0.29, 0.717) is 16.9 Å².